The second-order valence-corrected chi connectivity index (χ2v) is 6.63. The number of fused-ring (bicyclic) bond motifs is 1. The van der Waals surface area contributed by atoms with Crippen molar-refractivity contribution < 1.29 is 26.4 Å². The summed E-state index contributed by atoms with van der Waals surface area (Å²) in [6.45, 7) is -0.0920. The number of nitrogens with zero attached hydrogens (tertiary/aromatic N) is 1. The van der Waals surface area contributed by atoms with E-state index in [0.29, 0.717) is 5.39 Å². The molecule has 0 unspecified atom stereocenters. The molecule has 1 aromatic heterocycles. The summed E-state index contributed by atoms with van der Waals surface area (Å²) in [6.07, 6.45) is -3.65. The number of hydrogen-bond donors (Lipinski definition) is 3. The summed E-state index contributed by atoms with van der Waals surface area (Å²) in [6, 6.07) is 2.98. The second-order valence-electron chi connectivity index (χ2n) is 4.80. The van der Waals surface area contributed by atoms with Crippen LogP contribution in [0.25, 0.3) is 10.9 Å². The van der Waals surface area contributed by atoms with Crippen LogP contribution in [0.1, 0.15) is 12.0 Å². The van der Waals surface area contributed by atoms with Crippen LogP contribution in [-0.2, 0) is 21.0 Å². The Hall–Kier alpha value is -2.14. The number of sulfonamides is 1. The molecule has 2 rings (SSSR count). The molecule has 0 aliphatic carbocycles. The van der Waals surface area contributed by atoms with Crippen LogP contribution in [0.4, 0.5) is 19.0 Å². The van der Waals surface area contributed by atoms with Gasteiger partial charge in [-0.15, -0.1) is 0 Å². The van der Waals surface area contributed by atoms with Gasteiger partial charge in [-0.1, -0.05) is 0 Å². The molecule has 0 spiro atoms. The lowest BCUT2D eigenvalue weighted by Gasteiger charge is -2.06. The summed E-state index contributed by atoms with van der Waals surface area (Å²) in [4.78, 5) is 11.7. The largest absolute Gasteiger partial charge is 0.416 e. The molecule has 1 amide bonds. The third-order valence-electron chi connectivity index (χ3n) is 2.86. The van der Waals surface area contributed by atoms with Crippen molar-refractivity contribution in [3.8, 4) is 0 Å². The van der Waals surface area contributed by atoms with Crippen molar-refractivity contribution >= 4 is 32.7 Å². The fourth-order valence-corrected chi connectivity index (χ4v) is 2.31. The summed E-state index contributed by atoms with van der Waals surface area (Å²) < 4.78 is 61.7. The summed E-state index contributed by atoms with van der Waals surface area (Å²) in [5.41, 5.74) is -0.701. The molecule has 0 saturated heterocycles. The average molecular weight is 350 g/mol. The van der Waals surface area contributed by atoms with Crippen molar-refractivity contribution in [3.63, 3.8) is 0 Å². The first-order chi connectivity index (χ1) is 10.6. The minimum atomic E-state index is -4.47. The molecule has 1 heterocycles. The van der Waals surface area contributed by atoms with E-state index in [-0.39, 0.29) is 24.3 Å². The quantitative estimate of drug-likeness (QED) is 0.759. The maximum atomic E-state index is 12.6. The smallest absolute Gasteiger partial charge is 0.309 e. The molecule has 11 heteroatoms. The van der Waals surface area contributed by atoms with Gasteiger partial charge in [0.2, 0.25) is 15.9 Å². The molecule has 126 valence electrons. The second kappa shape index (κ2) is 6.16. The molecule has 23 heavy (non-hydrogen) atoms. The molecule has 0 aliphatic rings. The third kappa shape index (κ3) is 4.66. The highest BCUT2D eigenvalue weighted by Crippen LogP contribution is 2.32. The lowest BCUT2D eigenvalue weighted by atomic mass is 10.1. The number of nitrogens with one attached hydrogen (secondary N) is 3. The van der Waals surface area contributed by atoms with E-state index >= 15 is 0 Å². The zero-order valence-corrected chi connectivity index (χ0v) is 12.7. The number of anilines is 1. The Balaban J connectivity index is 2.08. The molecule has 0 radical (unpaired) electrons. The zero-order chi connectivity index (χ0) is 17.3. The number of benzene rings is 1. The standard InChI is InChI=1S/C12H13F3N4O3S/c1-23(21,22)16-5-4-10(20)17-11-8-3-2-7(12(13,14)15)6-9(8)18-19-11/h2-3,6,16H,4-5H2,1H3,(H2,17,18,19,20). The van der Waals surface area contributed by atoms with Crippen LogP contribution >= 0.6 is 0 Å². The molecule has 0 atom stereocenters. The van der Waals surface area contributed by atoms with Crippen LogP contribution in [0.3, 0.4) is 0 Å². The summed E-state index contributed by atoms with van der Waals surface area (Å²) in [5.74, 6) is -0.437. The Morgan fingerprint density at radius 1 is 1.35 bits per heavy atom. The normalized spacial score (nSPS) is 12.5. The van der Waals surface area contributed by atoms with Gasteiger partial charge in [0.15, 0.2) is 5.82 Å². The molecule has 0 bridgehead atoms. The highest BCUT2D eigenvalue weighted by molar-refractivity contribution is 7.88. The minimum absolute atomic E-state index is 0.0816. The van der Waals surface area contributed by atoms with Crippen LogP contribution in [0.5, 0.6) is 0 Å². The van der Waals surface area contributed by atoms with Crippen molar-refractivity contribution in [1.82, 2.24) is 14.9 Å². The first-order valence-electron chi connectivity index (χ1n) is 6.36. The number of aromatic nitrogens is 2. The number of aromatic amines is 1. The van der Waals surface area contributed by atoms with Crippen LogP contribution in [-0.4, -0.2) is 37.3 Å². The Morgan fingerprint density at radius 3 is 2.65 bits per heavy atom. The lowest BCUT2D eigenvalue weighted by molar-refractivity contribution is -0.137. The number of H-pyrrole nitrogens is 1. The van der Waals surface area contributed by atoms with Gasteiger partial charge in [0.25, 0.3) is 0 Å². The number of carbonyl (C=O) groups is 1. The van der Waals surface area contributed by atoms with Gasteiger partial charge in [-0.25, -0.2) is 13.1 Å². The monoisotopic (exact) mass is 350 g/mol. The lowest BCUT2D eigenvalue weighted by Crippen LogP contribution is -2.26. The van der Waals surface area contributed by atoms with Gasteiger partial charge >= 0.3 is 6.18 Å². The molecule has 0 aliphatic heterocycles. The Labute approximate surface area is 129 Å². The number of alkyl halides is 3. The number of amides is 1. The zero-order valence-electron chi connectivity index (χ0n) is 11.9. The molecule has 0 fully saturated rings. The van der Waals surface area contributed by atoms with Crippen LogP contribution in [0, 0.1) is 0 Å². The number of rotatable bonds is 5. The first kappa shape index (κ1) is 17.2. The van der Waals surface area contributed by atoms with Gasteiger partial charge in [-0.2, -0.15) is 18.3 Å². The van der Waals surface area contributed by atoms with Gasteiger partial charge < -0.3 is 5.32 Å². The average Bonchev–Trinajstić information content (AvgIpc) is 2.78. The molecule has 3 N–H and O–H groups in total. The van der Waals surface area contributed by atoms with E-state index in [1.54, 1.807) is 0 Å². The van der Waals surface area contributed by atoms with E-state index in [1.165, 1.54) is 6.07 Å². The molecule has 2 aromatic rings. The Kier molecular flexibility index (Phi) is 4.61. The van der Waals surface area contributed by atoms with E-state index in [2.05, 4.69) is 20.2 Å². The fourth-order valence-electron chi connectivity index (χ4n) is 1.84. The molecular formula is C12H13F3N4O3S. The van der Waals surface area contributed by atoms with E-state index in [4.69, 9.17) is 0 Å². The van der Waals surface area contributed by atoms with Crippen molar-refractivity contribution in [1.29, 1.82) is 0 Å². The van der Waals surface area contributed by atoms with Gasteiger partial charge in [-0.05, 0) is 18.2 Å². The third-order valence-corrected chi connectivity index (χ3v) is 3.59. The van der Waals surface area contributed by atoms with Crippen LogP contribution in [0.15, 0.2) is 18.2 Å². The van der Waals surface area contributed by atoms with Gasteiger partial charge in [0, 0.05) is 18.4 Å². The summed E-state index contributed by atoms with van der Waals surface area (Å²) in [5, 5.41) is 8.90. The van der Waals surface area contributed by atoms with E-state index in [9.17, 15) is 26.4 Å². The predicted octanol–water partition coefficient (Wildman–Crippen LogP) is 1.46. The van der Waals surface area contributed by atoms with Crippen molar-refractivity contribution in [2.24, 2.45) is 0 Å². The number of hydrogen-bond acceptors (Lipinski definition) is 4. The topological polar surface area (TPSA) is 104 Å². The molecule has 0 saturated carbocycles. The molecule has 7 nitrogen and oxygen atoms in total. The van der Waals surface area contributed by atoms with Crippen LogP contribution < -0.4 is 10.0 Å². The predicted molar refractivity (Wildman–Crippen MR) is 77.2 cm³/mol. The van der Waals surface area contributed by atoms with E-state index in [0.717, 1.165) is 18.4 Å². The summed E-state index contributed by atoms with van der Waals surface area (Å²) >= 11 is 0. The fraction of sp³-hybridized carbons (Fsp3) is 0.333. The Morgan fingerprint density at radius 2 is 2.04 bits per heavy atom. The van der Waals surface area contributed by atoms with Crippen molar-refractivity contribution in [2.75, 3.05) is 18.1 Å². The van der Waals surface area contributed by atoms with Gasteiger partial charge in [0.1, 0.15) is 0 Å². The minimum Gasteiger partial charge on any atom is -0.309 e. The highest BCUT2D eigenvalue weighted by Gasteiger charge is 2.30. The van der Waals surface area contributed by atoms with E-state index in [1.807, 2.05) is 0 Å². The van der Waals surface area contributed by atoms with E-state index < -0.39 is 27.7 Å². The van der Waals surface area contributed by atoms with Crippen LogP contribution in [0.2, 0.25) is 0 Å². The maximum Gasteiger partial charge on any atom is 0.416 e. The maximum absolute atomic E-state index is 12.6. The first-order valence-corrected chi connectivity index (χ1v) is 8.25. The summed E-state index contributed by atoms with van der Waals surface area (Å²) in [7, 11) is -3.39. The molecular weight excluding hydrogens is 337 g/mol. The number of carbonyl (C=O) groups excluding carboxylic acids is 1. The van der Waals surface area contributed by atoms with Gasteiger partial charge in [-0.3, -0.25) is 9.89 Å². The Bertz CT molecular complexity index is 830. The highest BCUT2D eigenvalue weighted by atomic mass is 32.2. The number of halogens is 3. The van der Waals surface area contributed by atoms with Crippen molar-refractivity contribution in [3.05, 3.63) is 23.8 Å². The SMILES string of the molecule is CS(=O)(=O)NCCC(=O)Nc1n[nH]c2cc(C(F)(F)F)ccc12. The van der Waals surface area contributed by atoms with Crippen molar-refractivity contribution in [2.45, 2.75) is 12.6 Å². The molecule has 1 aromatic carbocycles. The van der Waals surface area contributed by atoms with Gasteiger partial charge in [0.05, 0.1) is 17.3 Å².